The number of imidazole rings is 1. The molecule has 2 aromatic heterocycles. The summed E-state index contributed by atoms with van der Waals surface area (Å²) >= 11 is 5.96. The molecule has 5 nitrogen and oxygen atoms in total. The second kappa shape index (κ2) is 3.75. The fraction of sp³-hybridized carbons (Fsp3) is 0.300. The van der Waals surface area contributed by atoms with Gasteiger partial charge in [-0.1, -0.05) is 0 Å². The Morgan fingerprint density at radius 1 is 1.44 bits per heavy atom. The Kier molecular flexibility index (Phi) is 2.55. The monoisotopic (exact) mass is 239 g/mol. The summed E-state index contributed by atoms with van der Waals surface area (Å²) in [5.41, 5.74) is 1.09. The molecule has 0 unspecified atom stereocenters. The molecule has 6 heteroatoms. The number of hydrogen-bond acceptors (Lipinski definition) is 3. The molecule has 16 heavy (non-hydrogen) atoms. The Morgan fingerprint density at radius 2 is 2.12 bits per heavy atom. The van der Waals surface area contributed by atoms with Crippen LogP contribution in [0.1, 0.15) is 30.4 Å². The minimum absolute atomic E-state index is 0.00836. The van der Waals surface area contributed by atoms with Gasteiger partial charge < -0.3 is 5.11 Å². The van der Waals surface area contributed by atoms with Gasteiger partial charge in [0.1, 0.15) is 5.52 Å². The number of halogens is 1. The molecule has 0 atom stereocenters. The van der Waals surface area contributed by atoms with Crippen LogP contribution in [0.4, 0.5) is 0 Å². The summed E-state index contributed by atoms with van der Waals surface area (Å²) in [6.07, 6.45) is 0. The van der Waals surface area contributed by atoms with Crippen molar-refractivity contribution in [3.05, 3.63) is 23.1 Å². The lowest BCUT2D eigenvalue weighted by Gasteiger charge is -2.08. The van der Waals surface area contributed by atoms with E-state index in [-0.39, 0.29) is 11.7 Å². The first-order valence-corrected chi connectivity index (χ1v) is 5.16. The first kappa shape index (κ1) is 10.9. The standard InChI is InChI=1S/C10H10ClN3O2/c1-5(2)14-8-6(13-10(14)11)3-4-7(12-8)9(15)16/h3-5H,1-2H3,(H,15,16). The van der Waals surface area contributed by atoms with Gasteiger partial charge in [0.05, 0.1) is 0 Å². The third-order valence-corrected chi connectivity index (χ3v) is 2.50. The Morgan fingerprint density at radius 3 is 2.69 bits per heavy atom. The summed E-state index contributed by atoms with van der Waals surface area (Å²) in [5, 5.41) is 9.17. The largest absolute Gasteiger partial charge is 0.477 e. The number of hydrogen-bond donors (Lipinski definition) is 1. The molecular formula is C10H10ClN3O2. The molecule has 0 aliphatic carbocycles. The normalized spacial score (nSPS) is 11.2. The molecule has 84 valence electrons. The predicted octanol–water partition coefficient (Wildman–Crippen LogP) is 2.36. The Hall–Kier alpha value is -1.62. The smallest absolute Gasteiger partial charge is 0.354 e. The van der Waals surface area contributed by atoms with Crippen molar-refractivity contribution in [1.82, 2.24) is 14.5 Å². The van der Waals surface area contributed by atoms with Crippen LogP contribution >= 0.6 is 11.6 Å². The predicted molar refractivity (Wildman–Crippen MR) is 59.9 cm³/mol. The van der Waals surface area contributed by atoms with Crippen LogP contribution in [0, 0.1) is 0 Å². The molecule has 0 saturated heterocycles. The number of carboxylic acids is 1. The fourth-order valence-corrected chi connectivity index (χ4v) is 1.89. The van der Waals surface area contributed by atoms with Gasteiger partial charge in [0.2, 0.25) is 5.28 Å². The molecular weight excluding hydrogens is 230 g/mol. The Labute approximate surface area is 96.7 Å². The van der Waals surface area contributed by atoms with Crippen molar-refractivity contribution >= 4 is 28.7 Å². The molecule has 2 aromatic rings. The van der Waals surface area contributed by atoms with E-state index >= 15 is 0 Å². The maximum atomic E-state index is 10.8. The molecule has 0 aliphatic heterocycles. The summed E-state index contributed by atoms with van der Waals surface area (Å²) in [4.78, 5) is 18.9. The van der Waals surface area contributed by atoms with Crippen molar-refractivity contribution in [2.24, 2.45) is 0 Å². The summed E-state index contributed by atoms with van der Waals surface area (Å²) in [6, 6.07) is 3.10. The average Bonchev–Trinajstić information content (AvgIpc) is 2.51. The van der Waals surface area contributed by atoms with Gasteiger partial charge in [0.25, 0.3) is 0 Å². The van der Waals surface area contributed by atoms with Crippen molar-refractivity contribution in [2.45, 2.75) is 19.9 Å². The van der Waals surface area contributed by atoms with Gasteiger partial charge in [-0.15, -0.1) is 0 Å². The van der Waals surface area contributed by atoms with Gasteiger partial charge in [0.15, 0.2) is 11.3 Å². The van der Waals surface area contributed by atoms with Crippen LogP contribution in [-0.4, -0.2) is 25.6 Å². The second-order valence-electron chi connectivity index (χ2n) is 3.69. The number of fused-ring (bicyclic) bond motifs is 1. The molecule has 2 heterocycles. The van der Waals surface area contributed by atoms with Crippen LogP contribution in [0.25, 0.3) is 11.2 Å². The highest BCUT2D eigenvalue weighted by Crippen LogP contribution is 2.22. The van der Waals surface area contributed by atoms with E-state index in [2.05, 4.69) is 9.97 Å². The van der Waals surface area contributed by atoms with Crippen LogP contribution in [-0.2, 0) is 0 Å². The number of rotatable bonds is 2. The zero-order valence-corrected chi connectivity index (χ0v) is 9.56. The highest BCUT2D eigenvalue weighted by Gasteiger charge is 2.15. The van der Waals surface area contributed by atoms with Gasteiger partial charge >= 0.3 is 5.97 Å². The van der Waals surface area contributed by atoms with Crippen molar-refractivity contribution in [1.29, 1.82) is 0 Å². The van der Waals surface area contributed by atoms with E-state index in [1.54, 1.807) is 10.6 Å². The first-order chi connectivity index (χ1) is 7.50. The molecule has 0 aromatic carbocycles. The summed E-state index contributed by atoms with van der Waals surface area (Å²) in [7, 11) is 0. The van der Waals surface area contributed by atoms with Gasteiger partial charge in [-0.2, -0.15) is 0 Å². The number of pyridine rings is 1. The van der Waals surface area contributed by atoms with E-state index in [0.29, 0.717) is 16.4 Å². The second-order valence-corrected chi connectivity index (χ2v) is 4.03. The molecule has 0 spiro atoms. The van der Waals surface area contributed by atoms with Gasteiger partial charge in [-0.05, 0) is 37.6 Å². The van der Waals surface area contributed by atoms with E-state index in [4.69, 9.17) is 16.7 Å². The fourth-order valence-electron chi connectivity index (χ4n) is 1.52. The van der Waals surface area contributed by atoms with Crippen LogP contribution < -0.4 is 0 Å². The molecule has 2 rings (SSSR count). The first-order valence-electron chi connectivity index (χ1n) is 4.78. The van der Waals surface area contributed by atoms with Crippen molar-refractivity contribution < 1.29 is 9.90 Å². The average molecular weight is 240 g/mol. The molecule has 0 bridgehead atoms. The third kappa shape index (κ3) is 1.63. The molecule has 0 amide bonds. The maximum Gasteiger partial charge on any atom is 0.354 e. The lowest BCUT2D eigenvalue weighted by Crippen LogP contribution is -2.05. The molecule has 0 saturated carbocycles. The lowest BCUT2D eigenvalue weighted by atomic mass is 10.3. The minimum atomic E-state index is -1.06. The zero-order chi connectivity index (χ0) is 11.9. The van der Waals surface area contributed by atoms with Gasteiger partial charge in [-0.3, -0.25) is 4.57 Å². The van der Waals surface area contributed by atoms with Crippen LogP contribution in [0.2, 0.25) is 5.28 Å². The van der Waals surface area contributed by atoms with Crippen molar-refractivity contribution in [2.75, 3.05) is 0 Å². The van der Waals surface area contributed by atoms with Crippen molar-refractivity contribution in [3.8, 4) is 0 Å². The van der Waals surface area contributed by atoms with Crippen LogP contribution in [0.3, 0.4) is 0 Å². The molecule has 1 N–H and O–H groups in total. The van der Waals surface area contributed by atoms with E-state index in [1.165, 1.54) is 6.07 Å². The Balaban J connectivity index is 2.74. The number of carboxylic acid groups (broad SMARTS) is 1. The lowest BCUT2D eigenvalue weighted by molar-refractivity contribution is 0.0691. The highest BCUT2D eigenvalue weighted by atomic mass is 35.5. The van der Waals surface area contributed by atoms with Gasteiger partial charge in [0, 0.05) is 6.04 Å². The van der Waals surface area contributed by atoms with Crippen LogP contribution in [0.5, 0.6) is 0 Å². The number of aromatic carboxylic acids is 1. The quantitative estimate of drug-likeness (QED) is 0.874. The number of nitrogens with zero attached hydrogens (tertiary/aromatic N) is 3. The summed E-state index contributed by atoms with van der Waals surface area (Å²) in [6.45, 7) is 3.87. The van der Waals surface area contributed by atoms with E-state index in [0.717, 1.165) is 0 Å². The van der Waals surface area contributed by atoms with Crippen LogP contribution in [0.15, 0.2) is 12.1 Å². The zero-order valence-electron chi connectivity index (χ0n) is 8.81. The number of aromatic nitrogens is 3. The minimum Gasteiger partial charge on any atom is -0.477 e. The molecule has 0 radical (unpaired) electrons. The van der Waals surface area contributed by atoms with E-state index in [1.807, 2.05) is 13.8 Å². The van der Waals surface area contributed by atoms with E-state index in [9.17, 15) is 4.79 Å². The van der Waals surface area contributed by atoms with Gasteiger partial charge in [-0.25, -0.2) is 14.8 Å². The maximum absolute atomic E-state index is 10.8. The number of carbonyl (C=O) groups is 1. The van der Waals surface area contributed by atoms with Crippen molar-refractivity contribution in [3.63, 3.8) is 0 Å². The molecule has 0 fully saturated rings. The SMILES string of the molecule is CC(C)n1c(Cl)nc2ccc(C(=O)O)nc21. The van der Waals surface area contributed by atoms with E-state index < -0.39 is 5.97 Å². The molecule has 0 aliphatic rings. The third-order valence-electron chi connectivity index (χ3n) is 2.23. The summed E-state index contributed by atoms with van der Waals surface area (Å²) < 4.78 is 1.70. The highest BCUT2D eigenvalue weighted by molar-refractivity contribution is 6.29. The summed E-state index contributed by atoms with van der Waals surface area (Å²) in [5.74, 6) is -1.06. The Bertz CT molecular complexity index is 562. The topological polar surface area (TPSA) is 68.0 Å².